The fourth-order valence-electron chi connectivity index (χ4n) is 3.73. The molecule has 5 aromatic heterocycles. The molecule has 0 unspecified atom stereocenters. The molecule has 0 spiro atoms. The number of furan rings is 1. The number of hydrogen-bond donors (Lipinski definition) is 0. The summed E-state index contributed by atoms with van der Waals surface area (Å²) in [7, 11) is 0. The van der Waals surface area contributed by atoms with Gasteiger partial charge in [-0.2, -0.15) is 0 Å². The molecule has 0 N–H and O–H groups in total. The van der Waals surface area contributed by atoms with Crippen molar-refractivity contribution >= 4 is 49.0 Å². The fraction of sp³-hybridized carbons (Fsp3) is 0.130. The van der Waals surface area contributed by atoms with Crippen molar-refractivity contribution in [3.63, 3.8) is 0 Å². The van der Waals surface area contributed by atoms with Crippen molar-refractivity contribution in [3.05, 3.63) is 70.8 Å². The highest BCUT2D eigenvalue weighted by Crippen LogP contribution is 2.36. The van der Waals surface area contributed by atoms with E-state index in [1.54, 1.807) is 34.3 Å². The Morgan fingerprint density at radius 2 is 1.94 bits per heavy atom. The molecule has 0 fully saturated rings. The summed E-state index contributed by atoms with van der Waals surface area (Å²) in [5.74, 6) is 2.46. The molecule has 158 valence electrons. The summed E-state index contributed by atoms with van der Waals surface area (Å²) >= 11 is 7.49. The molecule has 0 saturated heterocycles. The van der Waals surface area contributed by atoms with E-state index < -0.39 is 0 Å². The summed E-state index contributed by atoms with van der Waals surface area (Å²) in [5, 5.41) is 6.30. The number of aryl methyl sites for hydroxylation is 2. The van der Waals surface area contributed by atoms with Gasteiger partial charge in [0.2, 0.25) is 5.82 Å². The molecule has 0 saturated carbocycles. The monoisotopic (exact) mass is 461 g/mol. The van der Waals surface area contributed by atoms with Gasteiger partial charge in [-0.05, 0) is 61.9 Å². The smallest absolute Gasteiger partial charge is 0.218 e. The van der Waals surface area contributed by atoms with E-state index in [-0.39, 0.29) is 0 Å². The van der Waals surface area contributed by atoms with Gasteiger partial charge < -0.3 is 9.15 Å². The van der Waals surface area contributed by atoms with Gasteiger partial charge in [0.1, 0.15) is 34.0 Å². The minimum atomic E-state index is 0.293. The highest BCUT2D eigenvalue weighted by molar-refractivity contribution is 7.26. The molecule has 0 aliphatic heterocycles. The predicted molar refractivity (Wildman–Crippen MR) is 124 cm³/mol. The molecule has 0 amide bonds. The number of rotatable bonds is 4. The van der Waals surface area contributed by atoms with Crippen LogP contribution in [0.3, 0.4) is 0 Å². The Bertz CT molecular complexity index is 1620. The van der Waals surface area contributed by atoms with Gasteiger partial charge in [0, 0.05) is 16.1 Å². The van der Waals surface area contributed by atoms with Gasteiger partial charge in [-0.15, -0.1) is 16.4 Å². The molecule has 0 aliphatic rings. The first kappa shape index (κ1) is 19.2. The Hall–Kier alpha value is -3.49. The molecule has 7 nitrogen and oxygen atoms in total. The van der Waals surface area contributed by atoms with Crippen molar-refractivity contribution in [2.24, 2.45) is 0 Å². The van der Waals surface area contributed by atoms with E-state index in [4.69, 9.17) is 25.7 Å². The molecule has 6 aromatic rings. The number of benzene rings is 1. The van der Waals surface area contributed by atoms with E-state index in [1.807, 2.05) is 31.2 Å². The summed E-state index contributed by atoms with van der Waals surface area (Å²) in [5.41, 5.74) is 3.79. The van der Waals surface area contributed by atoms with E-state index in [1.165, 1.54) is 0 Å². The highest BCUT2D eigenvalue weighted by atomic mass is 35.5. The Balaban J connectivity index is 1.35. The summed E-state index contributed by atoms with van der Waals surface area (Å²) in [6.45, 7) is 4.38. The first-order chi connectivity index (χ1) is 15.5. The second kappa shape index (κ2) is 7.29. The number of halogens is 1. The highest BCUT2D eigenvalue weighted by Gasteiger charge is 2.18. The number of nitrogens with zero attached hydrogens (tertiary/aromatic N) is 5. The molecule has 0 bridgehead atoms. The molecule has 1 aromatic carbocycles. The largest absolute Gasteiger partial charge is 0.486 e. The number of thiophene rings is 1. The third-order valence-corrected chi connectivity index (χ3v) is 6.49. The predicted octanol–water partition coefficient (Wildman–Crippen LogP) is 6.00. The number of hydrogen-bond acceptors (Lipinski definition) is 7. The van der Waals surface area contributed by atoms with Gasteiger partial charge in [-0.25, -0.2) is 19.5 Å². The summed E-state index contributed by atoms with van der Waals surface area (Å²) in [6.07, 6.45) is 1.69. The third-order valence-electron chi connectivity index (χ3n) is 5.17. The van der Waals surface area contributed by atoms with Crippen molar-refractivity contribution < 1.29 is 9.15 Å². The first-order valence-electron chi connectivity index (χ1n) is 9.94. The van der Waals surface area contributed by atoms with Crippen LogP contribution in [0, 0.1) is 13.8 Å². The van der Waals surface area contributed by atoms with Crippen LogP contribution in [0.4, 0.5) is 0 Å². The maximum Gasteiger partial charge on any atom is 0.218 e. The lowest BCUT2D eigenvalue weighted by Crippen LogP contribution is -1.93. The van der Waals surface area contributed by atoms with Gasteiger partial charge in [0.25, 0.3) is 0 Å². The number of ether oxygens (including phenoxy) is 1. The number of aromatic nitrogens is 5. The lowest BCUT2D eigenvalue weighted by atomic mass is 10.1. The normalized spacial score (nSPS) is 11.7. The van der Waals surface area contributed by atoms with Crippen LogP contribution in [0.2, 0.25) is 5.02 Å². The average molecular weight is 462 g/mol. The van der Waals surface area contributed by atoms with Crippen LogP contribution in [0.5, 0.6) is 5.75 Å². The van der Waals surface area contributed by atoms with E-state index >= 15 is 0 Å². The fourth-order valence-corrected chi connectivity index (χ4v) is 5.08. The van der Waals surface area contributed by atoms with Gasteiger partial charge in [-0.3, -0.25) is 0 Å². The van der Waals surface area contributed by atoms with E-state index in [0.29, 0.717) is 29.0 Å². The maximum atomic E-state index is 5.93. The van der Waals surface area contributed by atoms with Gasteiger partial charge >= 0.3 is 0 Å². The molecule has 9 heteroatoms. The minimum Gasteiger partial charge on any atom is -0.486 e. The van der Waals surface area contributed by atoms with Crippen LogP contribution in [0.15, 0.2) is 53.2 Å². The van der Waals surface area contributed by atoms with Crippen LogP contribution >= 0.6 is 22.9 Å². The summed E-state index contributed by atoms with van der Waals surface area (Å²) in [4.78, 5) is 15.0. The van der Waals surface area contributed by atoms with Gasteiger partial charge in [-0.1, -0.05) is 11.6 Å². The van der Waals surface area contributed by atoms with Gasteiger partial charge in [0.15, 0.2) is 11.4 Å². The van der Waals surface area contributed by atoms with E-state index in [9.17, 15) is 0 Å². The minimum absolute atomic E-state index is 0.293. The Morgan fingerprint density at radius 3 is 2.78 bits per heavy atom. The lowest BCUT2D eigenvalue weighted by molar-refractivity contribution is 0.272. The Labute approximate surface area is 191 Å². The molecular formula is C23H16ClN5O2S. The molecule has 5 heterocycles. The zero-order chi connectivity index (χ0) is 21.8. The van der Waals surface area contributed by atoms with Crippen molar-refractivity contribution in [3.8, 4) is 17.3 Å². The molecule has 6 rings (SSSR count). The van der Waals surface area contributed by atoms with E-state index in [0.717, 1.165) is 43.1 Å². The second-order valence-corrected chi connectivity index (χ2v) is 8.93. The van der Waals surface area contributed by atoms with Crippen LogP contribution in [-0.4, -0.2) is 24.6 Å². The average Bonchev–Trinajstić information content (AvgIpc) is 3.48. The number of fused-ring (bicyclic) bond motifs is 5. The van der Waals surface area contributed by atoms with Crippen molar-refractivity contribution in [2.45, 2.75) is 20.5 Å². The summed E-state index contributed by atoms with van der Waals surface area (Å²) < 4.78 is 14.3. The SMILES string of the molecule is Cc1cc(C)c2c(n1)sc1c2ncn2nc(-c3ccc(COc4ccc(Cl)cc4)o3)nc12. The third kappa shape index (κ3) is 3.19. The van der Waals surface area contributed by atoms with Crippen LogP contribution in [-0.2, 0) is 6.61 Å². The van der Waals surface area contributed by atoms with Crippen molar-refractivity contribution in [2.75, 3.05) is 0 Å². The van der Waals surface area contributed by atoms with Crippen molar-refractivity contribution in [1.29, 1.82) is 0 Å². The van der Waals surface area contributed by atoms with Crippen LogP contribution < -0.4 is 4.74 Å². The second-order valence-electron chi connectivity index (χ2n) is 7.50. The standard InChI is InChI=1S/C23H16ClN5O2S/c1-12-9-13(2)26-23-18(12)19-20(32-23)22-27-21(28-29(22)11-25-19)17-8-7-16(31-17)10-30-15-5-3-14(24)4-6-15/h3-9,11H,10H2,1-2H3. The van der Waals surface area contributed by atoms with Gasteiger partial charge in [0.05, 0.1) is 5.52 Å². The lowest BCUT2D eigenvalue weighted by Gasteiger charge is -2.03. The molecule has 32 heavy (non-hydrogen) atoms. The van der Waals surface area contributed by atoms with Crippen LogP contribution in [0.1, 0.15) is 17.0 Å². The molecule has 0 aliphatic carbocycles. The number of pyridine rings is 1. The van der Waals surface area contributed by atoms with Crippen molar-refractivity contribution in [1.82, 2.24) is 24.6 Å². The zero-order valence-corrected chi connectivity index (χ0v) is 18.7. The zero-order valence-electron chi connectivity index (χ0n) is 17.2. The molecular weight excluding hydrogens is 446 g/mol. The first-order valence-corrected chi connectivity index (χ1v) is 11.1. The maximum absolute atomic E-state index is 5.93. The summed E-state index contributed by atoms with van der Waals surface area (Å²) in [6, 6.07) is 13.0. The Morgan fingerprint density at radius 1 is 1.09 bits per heavy atom. The Kier molecular flexibility index (Phi) is 4.38. The molecule has 0 atom stereocenters. The van der Waals surface area contributed by atoms with E-state index in [2.05, 4.69) is 28.1 Å². The van der Waals surface area contributed by atoms with Crippen LogP contribution in [0.25, 0.3) is 37.7 Å². The quantitative estimate of drug-likeness (QED) is 0.320. The topological polar surface area (TPSA) is 78.3 Å². The molecule has 0 radical (unpaired) electrons.